The summed E-state index contributed by atoms with van der Waals surface area (Å²) in [6, 6.07) is 29.1. The van der Waals surface area contributed by atoms with E-state index in [0.29, 0.717) is 32.7 Å². The highest BCUT2D eigenvalue weighted by molar-refractivity contribution is 5.92. The van der Waals surface area contributed by atoms with E-state index >= 15 is 0 Å². The van der Waals surface area contributed by atoms with Crippen molar-refractivity contribution in [2.45, 2.75) is 12.4 Å². The predicted molar refractivity (Wildman–Crippen MR) is 157 cm³/mol. The van der Waals surface area contributed by atoms with Crippen LogP contribution >= 0.6 is 0 Å². The van der Waals surface area contributed by atoms with Crippen molar-refractivity contribution in [1.29, 1.82) is 0 Å². The summed E-state index contributed by atoms with van der Waals surface area (Å²) in [4.78, 5) is 0. The van der Waals surface area contributed by atoms with Crippen LogP contribution in [-0.4, -0.2) is 0 Å². The zero-order valence-corrected chi connectivity index (χ0v) is 22.1. The van der Waals surface area contributed by atoms with Crippen LogP contribution in [0.25, 0.3) is 57.0 Å². The van der Waals surface area contributed by atoms with Crippen molar-refractivity contribution >= 4 is 34.7 Å². The molecular formula is C36H22F6. The molecule has 0 amide bonds. The third-order valence-corrected chi connectivity index (χ3v) is 7.61. The summed E-state index contributed by atoms with van der Waals surface area (Å²) in [5.41, 5.74) is 1.01. The monoisotopic (exact) mass is 568 g/mol. The Morgan fingerprint density at radius 1 is 0.429 bits per heavy atom. The molecular weight excluding hydrogens is 546 g/mol. The summed E-state index contributed by atoms with van der Waals surface area (Å²) >= 11 is 0. The summed E-state index contributed by atoms with van der Waals surface area (Å²) in [6.07, 6.45) is -8.92. The van der Waals surface area contributed by atoms with Gasteiger partial charge in [-0.1, -0.05) is 86.0 Å². The van der Waals surface area contributed by atoms with Crippen LogP contribution in [0.15, 0.2) is 109 Å². The average molecular weight is 569 g/mol. The molecule has 6 aromatic rings. The summed E-state index contributed by atoms with van der Waals surface area (Å²) in [5, 5.41) is 6.20. The van der Waals surface area contributed by atoms with Crippen molar-refractivity contribution in [3.05, 3.63) is 141 Å². The highest BCUT2D eigenvalue weighted by Gasteiger charge is 2.30. The van der Waals surface area contributed by atoms with Gasteiger partial charge in [-0.3, -0.25) is 0 Å². The molecule has 6 rings (SSSR count). The van der Waals surface area contributed by atoms with Crippen molar-refractivity contribution < 1.29 is 26.3 Å². The zero-order chi connectivity index (χ0) is 29.8. The number of alkyl halides is 6. The molecule has 0 aliphatic heterocycles. The maximum Gasteiger partial charge on any atom is 0.416 e. The lowest BCUT2D eigenvalue weighted by Gasteiger charge is -2.13. The van der Waals surface area contributed by atoms with Crippen LogP contribution in [-0.2, 0) is 12.4 Å². The maximum atomic E-state index is 13.3. The third kappa shape index (κ3) is 4.73. The Hall–Kier alpha value is -4.84. The van der Waals surface area contributed by atoms with Gasteiger partial charge in [0, 0.05) is 0 Å². The molecule has 6 aromatic carbocycles. The summed E-state index contributed by atoms with van der Waals surface area (Å²) in [7, 11) is 0. The van der Waals surface area contributed by atoms with Gasteiger partial charge in [0.15, 0.2) is 0 Å². The molecule has 0 aromatic heterocycles. The number of hydrogen-bond acceptors (Lipinski definition) is 0. The zero-order valence-electron chi connectivity index (χ0n) is 22.1. The Morgan fingerprint density at radius 3 is 1.10 bits per heavy atom. The highest BCUT2D eigenvalue weighted by Crippen LogP contribution is 2.33. The van der Waals surface area contributed by atoms with Crippen molar-refractivity contribution in [1.82, 2.24) is 0 Å². The molecule has 0 N–H and O–H groups in total. The molecule has 0 bridgehead atoms. The highest BCUT2D eigenvalue weighted by atomic mass is 19.4. The van der Waals surface area contributed by atoms with Crippen molar-refractivity contribution in [3.8, 4) is 22.3 Å². The van der Waals surface area contributed by atoms with E-state index in [-0.39, 0.29) is 0 Å². The molecule has 42 heavy (non-hydrogen) atoms. The van der Waals surface area contributed by atoms with Gasteiger partial charge in [0.2, 0.25) is 0 Å². The van der Waals surface area contributed by atoms with Crippen molar-refractivity contribution in [2.75, 3.05) is 0 Å². The van der Waals surface area contributed by atoms with Gasteiger partial charge in [0.05, 0.1) is 11.1 Å². The van der Waals surface area contributed by atoms with E-state index in [0.717, 1.165) is 56.2 Å². The van der Waals surface area contributed by atoms with Crippen molar-refractivity contribution in [3.63, 3.8) is 0 Å². The van der Waals surface area contributed by atoms with Crippen molar-refractivity contribution in [2.24, 2.45) is 0 Å². The van der Waals surface area contributed by atoms with Crippen LogP contribution in [0.4, 0.5) is 26.3 Å². The second kappa shape index (κ2) is 9.91. The van der Waals surface area contributed by atoms with Crippen LogP contribution in [0.5, 0.6) is 0 Å². The van der Waals surface area contributed by atoms with E-state index in [9.17, 15) is 26.3 Å². The first-order valence-corrected chi connectivity index (χ1v) is 13.0. The molecule has 0 unspecified atom stereocenters. The molecule has 0 aliphatic rings. The SMILES string of the molecule is C=c1c(-c2ccc(C(F)(F)F)cc2)cc2ccccc2c1=c1c(=C)c(-c2ccc(C(F)(F)F)cc2)cc2ccccc12. The van der Waals surface area contributed by atoms with Crippen LogP contribution < -0.4 is 10.4 Å². The van der Waals surface area contributed by atoms with Gasteiger partial charge >= 0.3 is 12.4 Å². The van der Waals surface area contributed by atoms with Crippen LogP contribution in [0.2, 0.25) is 0 Å². The fourth-order valence-corrected chi connectivity index (χ4v) is 5.54. The second-order valence-corrected chi connectivity index (χ2v) is 10.1. The van der Waals surface area contributed by atoms with E-state index < -0.39 is 23.5 Å². The van der Waals surface area contributed by atoms with Crippen LogP contribution in [0.1, 0.15) is 11.1 Å². The maximum absolute atomic E-state index is 13.3. The van der Waals surface area contributed by atoms with E-state index in [1.807, 2.05) is 60.7 Å². The molecule has 0 fully saturated rings. The number of hydrogen-bond donors (Lipinski definition) is 0. The summed E-state index contributed by atoms with van der Waals surface area (Å²) in [6.45, 7) is 8.82. The number of benzene rings is 6. The first-order chi connectivity index (χ1) is 19.9. The minimum absolute atomic E-state index is 0.578. The lowest BCUT2D eigenvalue weighted by Crippen LogP contribution is -2.14. The van der Waals surface area contributed by atoms with Gasteiger partial charge < -0.3 is 0 Å². The normalized spacial score (nSPS) is 13.1. The minimum Gasteiger partial charge on any atom is -0.166 e. The number of rotatable bonds is 2. The first-order valence-electron chi connectivity index (χ1n) is 13.0. The second-order valence-electron chi connectivity index (χ2n) is 10.1. The lowest BCUT2D eigenvalue weighted by atomic mass is 9.91. The molecule has 0 saturated heterocycles. The van der Waals surface area contributed by atoms with Gasteiger partial charge in [0.1, 0.15) is 0 Å². The smallest absolute Gasteiger partial charge is 0.166 e. The Labute approximate surface area is 236 Å². The predicted octanol–water partition coefficient (Wildman–Crippen LogP) is 9.47. The Bertz CT molecular complexity index is 2020. The van der Waals surface area contributed by atoms with Gasteiger partial charge in [-0.2, -0.15) is 26.3 Å². The fourth-order valence-electron chi connectivity index (χ4n) is 5.54. The number of halogens is 6. The van der Waals surface area contributed by atoms with E-state index in [2.05, 4.69) is 13.2 Å². The van der Waals surface area contributed by atoms with Gasteiger partial charge in [-0.15, -0.1) is 0 Å². The third-order valence-electron chi connectivity index (χ3n) is 7.61. The first kappa shape index (κ1) is 27.3. The van der Waals surface area contributed by atoms with Gasteiger partial charge in [-0.25, -0.2) is 0 Å². The minimum atomic E-state index is -4.46. The quantitative estimate of drug-likeness (QED) is 0.183. The Balaban J connectivity index is 1.76. The Kier molecular flexibility index (Phi) is 6.45. The molecule has 208 valence electrons. The number of fused-ring (bicyclic) bond motifs is 2. The van der Waals surface area contributed by atoms with Crippen LogP contribution in [0, 0.1) is 10.4 Å². The summed E-state index contributed by atoms with van der Waals surface area (Å²) in [5.74, 6) is 0. The topological polar surface area (TPSA) is 0 Å². The van der Waals surface area contributed by atoms with E-state index in [4.69, 9.17) is 0 Å². The fraction of sp³-hybridized carbons (Fsp3) is 0.0556. The molecule has 0 saturated carbocycles. The molecule has 0 nitrogen and oxygen atoms in total. The Morgan fingerprint density at radius 2 is 0.762 bits per heavy atom. The molecule has 0 radical (unpaired) electrons. The van der Waals surface area contributed by atoms with Gasteiger partial charge in [0.25, 0.3) is 0 Å². The average Bonchev–Trinajstić information content (AvgIpc) is 2.96. The largest absolute Gasteiger partial charge is 0.416 e. The standard InChI is InChI=1S/C36H22F6/c1-21-31(23-11-15-27(16-12-23)35(37,38)39)19-25-7-3-5-9-29(25)33(21)34-22(2)32(20-26-8-4-6-10-30(26)34)24-13-17-28(18-14-24)36(40,41)42/h3-20H,1-2H2. The van der Waals surface area contributed by atoms with E-state index in [1.54, 1.807) is 0 Å². The molecule has 6 heteroatoms. The summed E-state index contributed by atoms with van der Waals surface area (Å²) < 4.78 is 79.6. The molecule has 0 aliphatic carbocycles. The van der Waals surface area contributed by atoms with Gasteiger partial charge in [-0.05, 0) is 101 Å². The van der Waals surface area contributed by atoms with Crippen LogP contribution in [0.3, 0.4) is 0 Å². The lowest BCUT2D eigenvalue weighted by molar-refractivity contribution is -0.138. The molecule has 0 heterocycles. The molecule has 0 atom stereocenters. The van der Waals surface area contributed by atoms with E-state index in [1.165, 1.54) is 24.3 Å². The molecule has 0 spiro atoms.